The molecule has 29 heavy (non-hydrogen) atoms. The van der Waals surface area contributed by atoms with Gasteiger partial charge in [0.25, 0.3) is 0 Å². The molecule has 2 fully saturated rings. The minimum Gasteiger partial charge on any atom is -0.388 e. The van der Waals surface area contributed by atoms with E-state index in [0.717, 1.165) is 69.7 Å². The predicted molar refractivity (Wildman–Crippen MR) is 123 cm³/mol. The Labute approximate surface area is 189 Å². The van der Waals surface area contributed by atoms with Crippen LogP contribution >= 0.6 is 24.0 Å². The van der Waals surface area contributed by atoms with Gasteiger partial charge in [-0.3, -0.25) is 9.89 Å². The molecule has 0 amide bonds. The quantitative estimate of drug-likeness (QED) is 0.305. The Morgan fingerprint density at radius 1 is 1.21 bits per heavy atom. The molecule has 1 aromatic carbocycles. The number of hydrogen-bond acceptors (Lipinski definition) is 3. The third-order valence-electron chi connectivity index (χ3n) is 5.73. The van der Waals surface area contributed by atoms with Crippen LogP contribution in [0.3, 0.4) is 0 Å². The van der Waals surface area contributed by atoms with Gasteiger partial charge in [-0.1, -0.05) is 18.9 Å². The first-order chi connectivity index (χ1) is 13.5. The van der Waals surface area contributed by atoms with Crippen LogP contribution in [0, 0.1) is 11.6 Å². The Hall–Kier alpha value is -1.00. The summed E-state index contributed by atoms with van der Waals surface area (Å²) in [6.07, 6.45) is 5.73. The van der Waals surface area contributed by atoms with Gasteiger partial charge in [0, 0.05) is 32.2 Å². The molecule has 0 unspecified atom stereocenters. The molecule has 3 rings (SSSR count). The third kappa shape index (κ3) is 7.32. The molecule has 0 radical (unpaired) electrons. The highest BCUT2D eigenvalue weighted by Crippen LogP contribution is 2.29. The van der Waals surface area contributed by atoms with E-state index in [9.17, 15) is 13.9 Å². The molecule has 5 nitrogen and oxygen atoms in total. The molecule has 1 saturated carbocycles. The topological polar surface area (TPSA) is 59.9 Å². The first-order valence-corrected chi connectivity index (χ1v) is 10.4. The summed E-state index contributed by atoms with van der Waals surface area (Å²) in [5, 5.41) is 17.3. The van der Waals surface area contributed by atoms with Crippen molar-refractivity contribution in [1.82, 2.24) is 15.5 Å². The molecule has 2 aliphatic rings. The fraction of sp³-hybridized carbons (Fsp3) is 0.667. The van der Waals surface area contributed by atoms with Crippen molar-refractivity contribution in [3.63, 3.8) is 0 Å². The number of rotatable bonds is 6. The van der Waals surface area contributed by atoms with Crippen molar-refractivity contribution in [3.8, 4) is 0 Å². The summed E-state index contributed by atoms with van der Waals surface area (Å²) in [6, 6.07) is 4.43. The Morgan fingerprint density at radius 3 is 2.52 bits per heavy atom. The Bertz CT molecular complexity index is 675. The van der Waals surface area contributed by atoms with Gasteiger partial charge in [0.2, 0.25) is 0 Å². The molecule has 0 bridgehead atoms. The zero-order valence-electron chi connectivity index (χ0n) is 17.1. The van der Waals surface area contributed by atoms with Crippen molar-refractivity contribution in [2.75, 3.05) is 26.2 Å². The van der Waals surface area contributed by atoms with E-state index in [1.165, 1.54) is 12.1 Å². The lowest BCUT2D eigenvalue weighted by Gasteiger charge is -2.33. The van der Waals surface area contributed by atoms with Crippen LogP contribution in [0.2, 0.25) is 0 Å². The maximum atomic E-state index is 13.4. The minimum absolute atomic E-state index is 0. The van der Waals surface area contributed by atoms with Crippen LogP contribution in [0.15, 0.2) is 23.2 Å². The van der Waals surface area contributed by atoms with Crippen molar-refractivity contribution in [2.45, 2.75) is 63.6 Å². The first-order valence-electron chi connectivity index (χ1n) is 10.4. The number of nitrogens with zero attached hydrogens (tertiary/aromatic N) is 2. The highest BCUT2D eigenvalue weighted by Gasteiger charge is 2.31. The van der Waals surface area contributed by atoms with E-state index in [1.807, 2.05) is 6.92 Å². The number of likely N-dealkylation sites (tertiary alicyclic amines) is 1. The van der Waals surface area contributed by atoms with Crippen molar-refractivity contribution < 1.29 is 13.9 Å². The molecule has 0 spiro atoms. The second-order valence-corrected chi connectivity index (χ2v) is 8.07. The van der Waals surface area contributed by atoms with Crippen LogP contribution in [-0.4, -0.2) is 53.8 Å². The second kappa shape index (κ2) is 11.4. The number of halogens is 3. The van der Waals surface area contributed by atoms with E-state index in [-0.39, 0.29) is 24.0 Å². The zero-order chi connectivity index (χ0) is 20.0. The standard InChI is InChI=1S/C21H32F2N4O.HI/c1-2-24-20(25-15-21(28)9-3-4-10-21)26-17-7-11-27(12-8-17)14-16-5-6-18(22)19(23)13-16;/h5-6,13,17,28H,2-4,7-12,14-15H2,1H3,(H2,24,25,26);1H. The molecule has 1 aliphatic heterocycles. The van der Waals surface area contributed by atoms with E-state index >= 15 is 0 Å². The molecule has 3 N–H and O–H groups in total. The molecule has 164 valence electrons. The summed E-state index contributed by atoms with van der Waals surface area (Å²) >= 11 is 0. The first kappa shape index (κ1) is 24.3. The number of aliphatic hydroxyl groups is 1. The fourth-order valence-corrected chi connectivity index (χ4v) is 4.06. The number of hydrogen-bond donors (Lipinski definition) is 3. The lowest BCUT2D eigenvalue weighted by atomic mass is 10.0. The van der Waals surface area contributed by atoms with Gasteiger partial charge >= 0.3 is 0 Å². The summed E-state index contributed by atoms with van der Waals surface area (Å²) in [4.78, 5) is 6.88. The summed E-state index contributed by atoms with van der Waals surface area (Å²) in [6.45, 7) is 5.66. The van der Waals surface area contributed by atoms with Crippen LogP contribution in [-0.2, 0) is 6.54 Å². The number of piperidine rings is 1. The van der Waals surface area contributed by atoms with Crippen molar-refractivity contribution in [1.29, 1.82) is 0 Å². The third-order valence-corrected chi connectivity index (χ3v) is 5.73. The summed E-state index contributed by atoms with van der Waals surface area (Å²) in [5.41, 5.74) is 0.154. The molecule has 8 heteroatoms. The smallest absolute Gasteiger partial charge is 0.191 e. The molecule has 0 atom stereocenters. The van der Waals surface area contributed by atoms with E-state index < -0.39 is 17.2 Å². The predicted octanol–water partition coefficient (Wildman–Crippen LogP) is 3.41. The molecular formula is C21H33F2IN4O. The van der Waals surface area contributed by atoms with Crippen molar-refractivity contribution in [2.24, 2.45) is 4.99 Å². The summed E-state index contributed by atoms with van der Waals surface area (Å²) < 4.78 is 26.5. The monoisotopic (exact) mass is 522 g/mol. The minimum atomic E-state index is -0.802. The van der Waals surface area contributed by atoms with Crippen LogP contribution in [0.25, 0.3) is 0 Å². The van der Waals surface area contributed by atoms with Crippen LogP contribution in [0.1, 0.15) is 51.0 Å². The normalized spacial score (nSPS) is 20.3. The van der Waals surface area contributed by atoms with E-state index in [0.29, 0.717) is 19.1 Å². The lowest BCUT2D eigenvalue weighted by molar-refractivity contribution is 0.0573. The molecule has 1 heterocycles. The molecule has 0 aromatic heterocycles. The maximum Gasteiger partial charge on any atom is 0.191 e. The molecular weight excluding hydrogens is 489 g/mol. The highest BCUT2D eigenvalue weighted by molar-refractivity contribution is 14.0. The Balaban J connectivity index is 0.00000300. The molecule has 1 aliphatic carbocycles. The van der Waals surface area contributed by atoms with Crippen molar-refractivity contribution in [3.05, 3.63) is 35.4 Å². The van der Waals surface area contributed by atoms with Gasteiger partial charge in [0.15, 0.2) is 17.6 Å². The largest absolute Gasteiger partial charge is 0.388 e. The number of benzene rings is 1. The number of aliphatic imine (C=N–C) groups is 1. The van der Waals surface area contributed by atoms with Crippen molar-refractivity contribution >= 4 is 29.9 Å². The van der Waals surface area contributed by atoms with E-state index in [1.54, 1.807) is 6.07 Å². The second-order valence-electron chi connectivity index (χ2n) is 8.07. The van der Waals surface area contributed by atoms with Gasteiger partial charge < -0.3 is 15.7 Å². The Morgan fingerprint density at radius 2 is 1.90 bits per heavy atom. The van der Waals surface area contributed by atoms with Crippen LogP contribution < -0.4 is 10.6 Å². The van der Waals surface area contributed by atoms with Gasteiger partial charge in [-0.2, -0.15) is 0 Å². The van der Waals surface area contributed by atoms with Crippen LogP contribution in [0.4, 0.5) is 8.78 Å². The molecule has 1 aromatic rings. The van der Waals surface area contributed by atoms with Gasteiger partial charge in [-0.05, 0) is 50.3 Å². The summed E-state index contributed by atoms with van der Waals surface area (Å²) in [5.74, 6) is -0.824. The highest BCUT2D eigenvalue weighted by atomic mass is 127. The zero-order valence-corrected chi connectivity index (χ0v) is 19.4. The van der Waals surface area contributed by atoms with E-state index in [2.05, 4.69) is 20.5 Å². The van der Waals surface area contributed by atoms with Crippen LogP contribution in [0.5, 0.6) is 0 Å². The van der Waals surface area contributed by atoms with Gasteiger partial charge in [0.05, 0.1) is 12.1 Å². The number of guanidine groups is 1. The van der Waals surface area contributed by atoms with Gasteiger partial charge in [0.1, 0.15) is 0 Å². The summed E-state index contributed by atoms with van der Waals surface area (Å²) in [7, 11) is 0. The van der Waals surface area contributed by atoms with Gasteiger partial charge in [-0.15, -0.1) is 24.0 Å². The van der Waals surface area contributed by atoms with Gasteiger partial charge in [-0.25, -0.2) is 8.78 Å². The molecule has 1 saturated heterocycles. The number of nitrogens with one attached hydrogen (secondary N) is 2. The average Bonchev–Trinajstić information content (AvgIpc) is 3.11. The van der Waals surface area contributed by atoms with E-state index in [4.69, 9.17) is 0 Å². The average molecular weight is 522 g/mol. The lowest BCUT2D eigenvalue weighted by Crippen LogP contribution is -2.49. The Kier molecular flexibility index (Phi) is 9.55. The SMILES string of the molecule is CCNC(=NCC1(O)CCCC1)NC1CCN(Cc2ccc(F)c(F)c2)CC1.I. The fourth-order valence-electron chi connectivity index (χ4n) is 4.06. The maximum absolute atomic E-state index is 13.4.